The molecule has 2 saturated heterocycles. The number of carbonyl (C=O) groups excluding carboxylic acids is 4. The fraction of sp³-hybridized carbons (Fsp3) is 0.424. The van der Waals surface area contributed by atoms with E-state index in [1.165, 1.54) is 12.0 Å². The molecule has 1 unspecified atom stereocenters. The first-order chi connectivity index (χ1) is 21.8. The first-order valence-electron chi connectivity index (χ1n) is 15.0. The van der Waals surface area contributed by atoms with Gasteiger partial charge >= 0.3 is 18.1 Å². The van der Waals surface area contributed by atoms with Crippen LogP contribution in [0.3, 0.4) is 0 Å². The summed E-state index contributed by atoms with van der Waals surface area (Å²) in [6.45, 7) is 7.07. The van der Waals surface area contributed by atoms with Crippen molar-refractivity contribution < 1.29 is 38.6 Å². The van der Waals surface area contributed by atoms with Crippen LogP contribution in [0.5, 0.6) is 5.75 Å². The van der Waals surface area contributed by atoms with Crippen LogP contribution in [0.2, 0.25) is 0 Å². The summed E-state index contributed by atoms with van der Waals surface area (Å²) < 4.78 is 10.7. The van der Waals surface area contributed by atoms with Gasteiger partial charge in [0.15, 0.2) is 0 Å². The number of methoxy groups -OCH3 is 1. The van der Waals surface area contributed by atoms with Crippen LogP contribution in [0.4, 0.5) is 9.59 Å². The molecule has 2 atom stereocenters. The molecule has 2 fully saturated rings. The van der Waals surface area contributed by atoms with E-state index in [4.69, 9.17) is 9.47 Å². The Morgan fingerprint density at radius 3 is 2.41 bits per heavy atom. The van der Waals surface area contributed by atoms with E-state index >= 15 is 0 Å². The van der Waals surface area contributed by atoms with Gasteiger partial charge in [0.1, 0.15) is 17.4 Å². The van der Waals surface area contributed by atoms with Crippen LogP contribution in [0, 0.1) is 11.8 Å². The summed E-state index contributed by atoms with van der Waals surface area (Å²) in [6, 6.07) is 10.1. The van der Waals surface area contributed by atoms with E-state index in [1.54, 1.807) is 68.1 Å². The predicted molar refractivity (Wildman–Crippen MR) is 165 cm³/mol. The largest absolute Gasteiger partial charge is 0.497 e. The number of ether oxygens (including phenoxy) is 2. The zero-order valence-corrected chi connectivity index (χ0v) is 26.2. The summed E-state index contributed by atoms with van der Waals surface area (Å²) >= 11 is 0. The number of urea groups is 1. The molecular formula is C33H37N5O8. The number of imide groups is 1. The summed E-state index contributed by atoms with van der Waals surface area (Å²) in [6.07, 6.45) is 0.161. The van der Waals surface area contributed by atoms with Crippen molar-refractivity contribution >= 4 is 29.9 Å². The van der Waals surface area contributed by atoms with Crippen LogP contribution in [-0.2, 0) is 20.9 Å². The van der Waals surface area contributed by atoms with Crippen LogP contribution < -0.4 is 15.4 Å². The number of aliphatic carboxylic acids is 1. The van der Waals surface area contributed by atoms with Gasteiger partial charge in [-0.05, 0) is 62.6 Å². The summed E-state index contributed by atoms with van der Waals surface area (Å²) in [5, 5.41) is 15.0. The third kappa shape index (κ3) is 6.92. The Bertz CT molecular complexity index is 1620. The molecule has 2 aromatic carbocycles. The van der Waals surface area contributed by atoms with E-state index in [2.05, 4.69) is 22.5 Å². The molecule has 0 saturated carbocycles. The van der Waals surface area contributed by atoms with Crippen molar-refractivity contribution in [1.82, 2.24) is 25.3 Å². The quantitative estimate of drug-likeness (QED) is 0.322. The van der Waals surface area contributed by atoms with Gasteiger partial charge in [0.25, 0.3) is 11.8 Å². The number of carboxylic acid groups (broad SMARTS) is 1. The van der Waals surface area contributed by atoms with E-state index in [0.29, 0.717) is 55.0 Å². The highest BCUT2D eigenvalue weighted by Crippen LogP contribution is 2.29. The van der Waals surface area contributed by atoms with Gasteiger partial charge in [0.2, 0.25) is 5.54 Å². The average molecular weight is 632 g/mol. The lowest BCUT2D eigenvalue weighted by Gasteiger charge is -2.28. The molecule has 3 N–H and O–H groups in total. The number of nitrogens with zero attached hydrogens (tertiary/aromatic N) is 3. The molecule has 0 spiro atoms. The number of amides is 5. The lowest BCUT2D eigenvalue weighted by molar-refractivity contribution is -0.143. The number of benzene rings is 2. The second-order valence-corrected chi connectivity index (χ2v) is 12.5. The average Bonchev–Trinajstić information content (AvgIpc) is 3.31. The van der Waals surface area contributed by atoms with Gasteiger partial charge in [-0.1, -0.05) is 30.0 Å². The van der Waals surface area contributed by atoms with E-state index in [1.807, 2.05) is 4.90 Å². The van der Waals surface area contributed by atoms with Crippen LogP contribution in [0.15, 0.2) is 42.5 Å². The molecular weight excluding hydrogens is 594 g/mol. The maximum Gasteiger partial charge on any atom is 0.410 e. The summed E-state index contributed by atoms with van der Waals surface area (Å²) in [7, 11) is 1.51. The smallest absolute Gasteiger partial charge is 0.410 e. The van der Waals surface area contributed by atoms with Crippen molar-refractivity contribution in [3.8, 4) is 17.6 Å². The monoisotopic (exact) mass is 631 g/mol. The third-order valence-electron chi connectivity index (χ3n) is 7.99. The topological polar surface area (TPSA) is 158 Å². The van der Waals surface area contributed by atoms with Gasteiger partial charge in [0, 0.05) is 43.9 Å². The molecule has 0 aromatic heterocycles. The zero-order valence-electron chi connectivity index (χ0n) is 26.2. The number of hydrogen-bond donors (Lipinski definition) is 3. The van der Waals surface area contributed by atoms with Crippen LogP contribution in [0.1, 0.15) is 60.3 Å². The molecule has 5 rings (SSSR count). The Hall–Kier alpha value is -5.09. The molecule has 3 aliphatic heterocycles. The number of carbonyl (C=O) groups is 5. The molecule has 46 heavy (non-hydrogen) atoms. The van der Waals surface area contributed by atoms with Crippen molar-refractivity contribution in [2.75, 3.05) is 39.8 Å². The minimum Gasteiger partial charge on any atom is -0.497 e. The SMILES string of the molecule is COc1ccc2c(c1)C(=O)N(C[C@]1(C#Cc3ccc(C(C(=O)O)N4CCCN(C(=O)OC(C)(C)C)CC4)cc3)NC(=O)NC1=O)C2. The molecule has 0 bridgehead atoms. The summed E-state index contributed by atoms with van der Waals surface area (Å²) in [5.41, 5.74) is -0.0826. The molecule has 0 radical (unpaired) electrons. The van der Waals surface area contributed by atoms with Crippen molar-refractivity contribution in [1.29, 1.82) is 0 Å². The van der Waals surface area contributed by atoms with E-state index in [-0.39, 0.29) is 19.0 Å². The molecule has 2 aromatic rings. The fourth-order valence-corrected chi connectivity index (χ4v) is 5.75. The molecule has 3 aliphatic rings. The van der Waals surface area contributed by atoms with Gasteiger partial charge in [0.05, 0.1) is 13.7 Å². The molecule has 0 aliphatic carbocycles. The predicted octanol–water partition coefficient (Wildman–Crippen LogP) is 2.35. The standard InChI is InChI=1S/C33H37N5O8/c1-32(2,3)46-31(44)37-15-5-14-36(16-17-37)26(28(40)41)22-8-6-21(7-9-22)12-13-33(29(42)34-30(43)35-33)20-38-19-23-10-11-24(45-4)18-25(23)27(38)39/h6-11,18,26H,5,14-17,19-20H2,1-4H3,(H,40,41)(H2,34,35,42,43)/t26?,33-/m0/s1. The number of hydrogen-bond acceptors (Lipinski definition) is 8. The maximum atomic E-state index is 13.2. The van der Waals surface area contributed by atoms with E-state index in [0.717, 1.165) is 5.56 Å². The minimum atomic E-state index is -1.69. The lowest BCUT2D eigenvalue weighted by Crippen LogP contribution is -2.54. The number of carboxylic acids is 1. The zero-order chi connectivity index (χ0) is 33.2. The van der Waals surface area contributed by atoms with Crippen molar-refractivity contribution in [3.05, 3.63) is 64.7 Å². The molecule has 13 nitrogen and oxygen atoms in total. The Kier molecular flexibility index (Phi) is 8.94. The van der Waals surface area contributed by atoms with Crippen molar-refractivity contribution in [2.45, 2.75) is 50.9 Å². The second-order valence-electron chi connectivity index (χ2n) is 12.5. The summed E-state index contributed by atoms with van der Waals surface area (Å²) in [4.78, 5) is 68.2. The third-order valence-corrected chi connectivity index (χ3v) is 7.99. The van der Waals surface area contributed by atoms with Gasteiger partial charge < -0.3 is 29.7 Å². The molecule has 3 heterocycles. The summed E-state index contributed by atoms with van der Waals surface area (Å²) in [5.74, 6) is 4.32. The number of nitrogens with one attached hydrogen (secondary N) is 2. The Morgan fingerprint density at radius 1 is 1.04 bits per heavy atom. The molecule has 5 amide bonds. The van der Waals surface area contributed by atoms with Gasteiger partial charge in [-0.15, -0.1) is 0 Å². The van der Waals surface area contributed by atoms with E-state index < -0.39 is 41.2 Å². The van der Waals surface area contributed by atoms with Crippen LogP contribution >= 0.6 is 0 Å². The van der Waals surface area contributed by atoms with Crippen molar-refractivity contribution in [3.63, 3.8) is 0 Å². The highest BCUT2D eigenvalue weighted by Gasteiger charge is 2.48. The Morgan fingerprint density at radius 2 is 1.78 bits per heavy atom. The van der Waals surface area contributed by atoms with Crippen LogP contribution in [-0.4, -0.2) is 101 Å². The highest BCUT2D eigenvalue weighted by molar-refractivity contribution is 6.10. The number of fused-ring (bicyclic) bond motifs is 1. The van der Waals surface area contributed by atoms with Crippen LogP contribution in [0.25, 0.3) is 0 Å². The second kappa shape index (κ2) is 12.7. The van der Waals surface area contributed by atoms with Crippen molar-refractivity contribution in [2.24, 2.45) is 0 Å². The molecule has 242 valence electrons. The normalized spacial score (nSPS) is 20.6. The Labute approximate surface area is 266 Å². The first-order valence-corrected chi connectivity index (χ1v) is 15.0. The van der Waals surface area contributed by atoms with Gasteiger partial charge in [-0.25, -0.2) is 9.59 Å². The molecule has 13 heteroatoms. The first kappa shape index (κ1) is 32.3. The van der Waals surface area contributed by atoms with E-state index in [9.17, 15) is 29.1 Å². The Balaban J connectivity index is 1.31. The van der Waals surface area contributed by atoms with Gasteiger partial charge in [-0.3, -0.25) is 24.6 Å². The minimum absolute atomic E-state index is 0.179. The number of rotatable bonds is 6. The highest BCUT2D eigenvalue weighted by atomic mass is 16.6. The fourth-order valence-electron chi connectivity index (χ4n) is 5.75. The maximum absolute atomic E-state index is 13.2. The lowest BCUT2D eigenvalue weighted by atomic mass is 9.98. The van der Waals surface area contributed by atoms with Gasteiger partial charge in [-0.2, -0.15) is 0 Å².